The normalized spacial score (nSPS) is 24.3. The number of ether oxygens (including phenoxy) is 1. The van der Waals surface area contributed by atoms with Crippen molar-refractivity contribution in [1.29, 1.82) is 0 Å². The number of hydrogen-bond donors (Lipinski definition) is 1. The van der Waals surface area contributed by atoms with Gasteiger partial charge in [0.1, 0.15) is 6.54 Å². The number of nitrogens with zero attached hydrogens (tertiary/aromatic N) is 2. The van der Waals surface area contributed by atoms with Crippen molar-refractivity contribution < 1.29 is 9.53 Å². The fourth-order valence-electron chi connectivity index (χ4n) is 3.25. The lowest BCUT2D eigenvalue weighted by Gasteiger charge is -2.33. The van der Waals surface area contributed by atoms with Crippen LogP contribution in [-0.2, 0) is 16.1 Å². The average molecular weight is 291 g/mol. The molecule has 5 nitrogen and oxygen atoms in total. The highest BCUT2D eigenvalue weighted by atomic mass is 16.5. The molecule has 1 aromatic heterocycles. The number of hydrogen-bond acceptors (Lipinski definition) is 3. The van der Waals surface area contributed by atoms with Crippen molar-refractivity contribution >= 4 is 5.91 Å². The topological polar surface area (TPSA) is 46.5 Å². The Balaban J connectivity index is 1.36. The average Bonchev–Trinajstić information content (AvgIpc) is 3.14. The second kappa shape index (κ2) is 7.09. The van der Waals surface area contributed by atoms with E-state index in [0.717, 1.165) is 39.1 Å². The van der Waals surface area contributed by atoms with Crippen LogP contribution in [0.25, 0.3) is 0 Å². The molecular formula is C16H25N3O2. The molecule has 1 amide bonds. The Morgan fingerprint density at radius 1 is 1.19 bits per heavy atom. The van der Waals surface area contributed by atoms with Crippen molar-refractivity contribution in [3.63, 3.8) is 0 Å². The summed E-state index contributed by atoms with van der Waals surface area (Å²) in [5, 5.41) is 3.15. The molecule has 2 aliphatic rings. The van der Waals surface area contributed by atoms with Crippen LogP contribution in [0.15, 0.2) is 24.5 Å². The van der Waals surface area contributed by atoms with Gasteiger partial charge in [0.25, 0.3) is 0 Å². The lowest BCUT2D eigenvalue weighted by Crippen LogP contribution is -2.47. The van der Waals surface area contributed by atoms with E-state index in [1.54, 1.807) is 0 Å². The molecule has 116 valence electrons. The number of carbonyl (C=O) groups is 1. The first-order valence-electron chi connectivity index (χ1n) is 8.04. The van der Waals surface area contributed by atoms with Crippen molar-refractivity contribution in [1.82, 2.24) is 14.8 Å². The Morgan fingerprint density at radius 2 is 1.95 bits per heavy atom. The molecule has 2 fully saturated rings. The minimum atomic E-state index is 0.115. The van der Waals surface area contributed by atoms with Crippen LogP contribution in [0.5, 0.6) is 0 Å². The van der Waals surface area contributed by atoms with Crippen molar-refractivity contribution in [3.8, 4) is 0 Å². The maximum atomic E-state index is 12.0. The van der Waals surface area contributed by atoms with Gasteiger partial charge >= 0.3 is 0 Å². The van der Waals surface area contributed by atoms with E-state index in [4.69, 9.17) is 4.74 Å². The molecule has 2 saturated heterocycles. The molecule has 3 rings (SSSR count). The Bertz CT molecular complexity index is 432. The van der Waals surface area contributed by atoms with E-state index in [0.29, 0.717) is 18.7 Å². The van der Waals surface area contributed by atoms with Gasteiger partial charge in [0.2, 0.25) is 5.91 Å². The fraction of sp³-hybridized carbons (Fsp3) is 0.688. The van der Waals surface area contributed by atoms with Crippen LogP contribution in [-0.4, -0.2) is 53.8 Å². The first-order valence-corrected chi connectivity index (χ1v) is 8.04. The van der Waals surface area contributed by atoms with Gasteiger partial charge in [-0.15, -0.1) is 0 Å². The summed E-state index contributed by atoms with van der Waals surface area (Å²) in [4.78, 5) is 14.5. The zero-order valence-electron chi connectivity index (χ0n) is 12.5. The number of likely N-dealkylation sites (tertiary alicyclic amines) is 1. The van der Waals surface area contributed by atoms with Crippen LogP contribution in [0.2, 0.25) is 0 Å². The first-order chi connectivity index (χ1) is 10.3. The van der Waals surface area contributed by atoms with Crippen molar-refractivity contribution in [3.05, 3.63) is 24.5 Å². The number of carbonyl (C=O) groups excluding carboxylic acids is 1. The van der Waals surface area contributed by atoms with Gasteiger partial charge < -0.3 is 19.5 Å². The van der Waals surface area contributed by atoms with Crippen LogP contribution < -0.4 is 5.32 Å². The molecule has 21 heavy (non-hydrogen) atoms. The Hall–Kier alpha value is -1.33. The van der Waals surface area contributed by atoms with Gasteiger partial charge in [-0.1, -0.05) is 0 Å². The largest absolute Gasteiger partial charge is 0.377 e. The van der Waals surface area contributed by atoms with Gasteiger partial charge in [0, 0.05) is 44.7 Å². The molecule has 3 heterocycles. The number of piperidine rings is 1. The van der Waals surface area contributed by atoms with Gasteiger partial charge in [-0.3, -0.25) is 4.79 Å². The quantitative estimate of drug-likeness (QED) is 0.888. The molecule has 1 aromatic rings. The summed E-state index contributed by atoms with van der Waals surface area (Å²) in [6.07, 6.45) is 8.77. The number of aromatic nitrogens is 1. The third-order valence-corrected chi connectivity index (χ3v) is 4.43. The molecule has 0 aromatic carbocycles. The lowest BCUT2D eigenvalue weighted by molar-refractivity contribution is -0.122. The fourth-order valence-corrected chi connectivity index (χ4v) is 3.25. The predicted molar refractivity (Wildman–Crippen MR) is 81.0 cm³/mol. The minimum absolute atomic E-state index is 0.115. The van der Waals surface area contributed by atoms with Gasteiger partial charge in [0.15, 0.2) is 0 Å². The van der Waals surface area contributed by atoms with Crippen molar-refractivity contribution in [2.45, 2.75) is 44.4 Å². The Kier molecular flexibility index (Phi) is 4.93. The molecule has 0 saturated carbocycles. The molecule has 1 N–H and O–H groups in total. The SMILES string of the molecule is O=C(Cn1cccc1)NC1CCN(C[C@H]2CCCO2)CC1. The molecule has 0 bridgehead atoms. The van der Waals surface area contributed by atoms with E-state index in [-0.39, 0.29) is 5.91 Å². The summed E-state index contributed by atoms with van der Waals surface area (Å²) >= 11 is 0. The first kappa shape index (κ1) is 14.6. The van der Waals surface area contributed by atoms with Crippen molar-refractivity contribution in [2.24, 2.45) is 0 Å². The molecule has 0 aliphatic carbocycles. The van der Waals surface area contributed by atoms with Crippen LogP contribution in [0.1, 0.15) is 25.7 Å². The lowest BCUT2D eigenvalue weighted by atomic mass is 10.0. The summed E-state index contributed by atoms with van der Waals surface area (Å²) < 4.78 is 7.60. The zero-order chi connectivity index (χ0) is 14.5. The number of rotatable bonds is 5. The van der Waals surface area contributed by atoms with Gasteiger partial charge in [-0.05, 0) is 37.8 Å². The van der Waals surface area contributed by atoms with E-state index in [9.17, 15) is 4.79 Å². The summed E-state index contributed by atoms with van der Waals surface area (Å²) in [6.45, 7) is 4.53. The Morgan fingerprint density at radius 3 is 2.62 bits per heavy atom. The van der Waals surface area contributed by atoms with E-state index in [1.807, 2.05) is 29.1 Å². The highest BCUT2D eigenvalue weighted by Gasteiger charge is 2.24. The summed E-state index contributed by atoms with van der Waals surface area (Å²) in [6, 6.07) is 4.21. The van der Waals surface area contributed by atoms with Crippen molar-refractivity contribution in [2.75, 3.05) is 26.2 Å². The Labute approximate surface area is 126 Å². The minimum Gasteiger partial charge on any atom is -0.377 e. The maximum Gasteiger partial charge on any atom is 0.240 e. The number of nitrogens with one attached hydrogen (secondary N) is 1. The highest BCUT2D eigenvalue weighted by molar-refractivity contribution is 5.76. The third-order valence-electron chi connectivity index (χ3n) is 4.43. The molecule has 2 aliphatic heterocycles. The predicted octanol–water partition coefficient (Wildman–Crippen LogP) is 1.25. The van der Waals surface area contributed by atoms with Gasteiger partial charge in [0.05, 0.1) is 6.10 Å². The van der Waals surface area contributed by atoms with Crippen LogP contribution in [0, 0.1) is 0 Å². The third kappa shape index (κ3) is 4.32. The van der Waals surface area contributed by atoms with Gasteiger partial charge in [-0.2, -0.15) is 0 Å². The summed E-state index contributed by atoms with van der Waals surface area (Å²) in [5.41, 5.74) is 0. The van der Waals surface area contributed by atoms with E-state index in [1.165, 1.54) is 12.8 Å². The molecule has 0 unspecified atom stereocenters. The summed E-state index contributed by atoms with van der Waals surface area (Å²) in [7, 11) is 0. The van der Waals surface area contributed by atoms with Crippen LogP contribution in [0.4, 0.5) is 0 Å². The smallest absolute Gasteiger partial charge is 0.240 e. The molecule has 5 heteroatoms. The monoisotopic (exact) mass is 291 g/mol. The maximum absolute atomic E-state index is 12.0. The second-order valence-corrected chi connectivity index (χ2v) is 6.13. The van der Waals surface area contributed by atoms with Gasteiger partial charge in [-0.25, -0.2) is 0 Å². The molecule has 0 radical (unpaired) electrons. The highest BCUT2D eigenvalue weighted by Crippen LogP contribution is 2.17. The molecular weight excluding hydrogens is 266 g/mol. The molecule has 0 spiro atoms. The molecule has 1 atom stereocenters. The van der Waals surface area contributed by atoms with E-state index in [2.05, 4.69) is 10.2 Å². The number of amides is 1. The second-order valence-electron chi connectivity index (χ2n) is 6.13. The van der Waals surface area contributed by atoms with Crippen LogP contribution >= 0.6 is 0 Å². The zero-order valence-corrected chi connectivity index (χ0v) is 12.5. The van der Waals surface area contributed by atoms with E-state index >= 15 is 0 Å². The standard InChI is InChI=1S/C16H25N3O2/c20-16(13-18-7-1-2-8-18)17-14-5-9-19(10-6-14)12-15-4-3-11-21-15/h1-2,7-8,14-15H,3-6,9-13H2,(H,17,20)/t15-/m1/s1. The van der Waals surface area contributed by atoms with Crippen LogP contribution in [0.3, 0.4) is 0 Å². The van der Waals surface area contributed by atoms with E-state index < -0.39 is 0 Å². The summed E-state index contributed by atoms with van der Waals surface area (Å²) in [5.74, 6) is 0.115.